The average Bonchev–Trinajstić information content (AvgIpc) is 2.99. The summed E-state index contributed by atoms with van der Waals surface area (Å²) < 4.78 is 0. The van der Waals surface area contributed by atoms with Crippen LogP contribution in [0.3, 0.4) is 0 Å². The van der Waals surface area contributed by atoms with Gasteiger partial charge in [0.15, 0.2) is 0 Å². The number of carbonyl (C=O) groups excluding carboxylic acids is 1. The van der Waals surface area contributed by atoms with E-state index in [9.17, 15) is 4.79 Å². The van der Waals surface area contributed by atoms with Crippen LogP contribution in [0.25, 0.3) is 0 Å². The fraction of sp³-hybridized carbons (Fsp3) is 0.611. The number of aryl methyl sites for hydroxylation is 1. The number of halogens is 1. The zero-order valence-electron chi connectivity index (χ0n) is 13.7. The Bertz CT molecular complexity index is 439. The molecule has 22 heavy (non-hydrogen) atoms. The molecule has 2 rings (SSSR count). The van der Waals surface area contributed by atoms with Gasteiger partial charge in [-0.1, -0.05) is 38.1 Å². The van der Waals surface area contributed by atoms with Gasteiger partial charge in [-0.2, -0.15) is 0 Å². The van der Waals surface area contributed by atoms with Crippen molar-refractivity contribution in [1.29, 1.82) is 0 Å². The Morgan fingerprint density at radius 2 is 2.05 bits per heavy atom. The Hall–Kier alpha value is -1.06. The lowest BCUT2D eigenvalue weighted by atomic mass is 10.0. The smallest absolute Gasteiger partial charge is 0.220 e. The van der Waals surface area contributed by atoms with Gasteiger partial charge in [0, 0.05) is 13.0 Å². The van der Waals surface area contributed by atoms with Crippen molar-refractivity contribution in [3.8, 4) is 0 Å². The maximum Gasteiger partial charge on any atom is 0.220 e. The van der Waals surface area contributed by atoms with E-state index in [1.165, 1.54) is 17.5 Å². The third-order valence-corrected chi connectivity index (χ3v) is 4.32. The van der Waals surface area contributed by atoms with E-state index in [4.69, 9.17) is 0 Å². The Kier molecular flexibility index (Phi) is 8.51. The zero-order valence-corrected chi connectivity index (χ0v) is 14.5. The van der Waals surface area contributed by atoms with Crippen molar-refractivity contribution < 1.29 is 4.79 Å². The molecule has 1 aromatic rings. The number of rotatable bonds is 7. The van der Waals surface area contributed by atoms with Crippen molar-refractivity contribution in [2.24, 2.45) is 5.92 Å². The highest BCUT2D eigenvalue weighted by Crippen LogP contribution is 2.15. The lowest BCUT2D eigenvalue weighted by molar-refractivity contribution is -0.121. The van der Waals surface area contributed by atoms with Crippen LogP contribution in [-0.2, 0) is 11.2 Å². The number of nitrogens with one attached hydrogen (secondary N) is 2. The van der Waals surface area contributed by atoms with Crippen LogP contribution in [0.1, 0.15) is 50.2 Å². The molecule has 0 spiro atoms. The van der Waals surface area contributed by atoms with Crippen molar-refractivity contribution in [1.82, 2.24) is 10.6 Å². The molecule has 1 heterocycles. The predicted octanol–water partition coefficient (Wildman–Crippen LogP) is 3.28. The van der Waals surface area contributed by atoms with Gasteiger partial charge in [-0.05, 0) is 55.3 Å². The molecule has 0 bridgehead atoms. The molecular weight excluding hydrogens is 296 g/mol. The summed E-state index contributed by atoms with van der Waals surface area (Å²) in [6.45, 7) is 7.45. The van der Waals surface area contributed by atoms with Crippen LogP contribution in [0.15, 0.2) is 24.3 Å². The van der Waals surface area contributed by atoms with Gasteiger partial charge in [-0.3, -0.25) is 4.79 Å². The van der Waals surface area contributed by atoms with Crippen molar-refractivity contribution in [3.05, 3.63) is 35.4 Å². The fourth-order valence-electron chi connectivity index (χ4n) is 2.79. The van der Waals surface area contributed by atoms with Crippen LogP contribution < -0.4 is 10.6 Å². The lowest BCUT2D eigenvalue weighted by Gasteiger charge is -2.10. The Labute approximate surface area is 140 Å². The molecule has 0 radical (unpaired) electrons. The Balaban J connectivity index is 0.00000242. The van der Waals surface area contributed by atoms with E-state index < -0.39 is 0 Å². The summed E-state index contributed by atoms with van der Waals surface area (Å²) in [5.74, 6) is 1.48. The zero-order chi connectivity index (χ0) is 15.1. The lowest BCUT2D eigenvalue weighted by Crippen LogP contribution is -2.26. The van der Waals surface area contributed by atoms with E-state index in [0.29, 0.717) is 12.3 Å². The second kappa shape index (κ2) is 9.86. The van der Waals surface area contributed by atoms with Gasteiger partial charge < -0.3 is 10.6 Å². The molecule has 1 aliphatic heterocycles. The van der Waals surface area contributed by atoms with Gasteiger partial charge in [0.25, 0.3) is 0 Å². The first-order valence-electron chi connectivity index (χ1n) is 8.21. The summed E-state index contributed by atoms with van der Waals surface area (Å²) in [7, 11) is 0. The summed E-state index contributed by atoms with van der Waals surface area (Å²) in [5, 5.41) is 6.40. The second-order valence-electron chi connectivity index (χ2n) is 6.39. The largest absolute Gasteiger partial charge is 0.356 e. The van der Waals surface area contributed by atoms with E-state index in [1.54, 1.807) is 0 Å². The standard InChI is InChI=1S/C18H28N2O.ClH/c1-14(2)17-6-3-15(4-7-17)5-8-18(21)20-12-10-16-9-11-19-13-16;/h3-4,6-7,14,16,19H,5,8-13H2,1-2H3,(H,20,21);1H. The molecule has 1 atom stereocenters. The normalized spacial score (nSPS) is 17.3. The predicted molar refractivity (Wildman–Crippen MR) is 94.7 cm³/mol. The number of hydrogen-bond donors (Lipinski definition) is 2. The van der Waals surface area contributed by atoms with Gasteiger partial charge in [-0.25, -0.2) is 0 Å². The molecule has 0 saturated carbocycles. The maximum atomic E-state index is 11.8. The number of benzene rings is 1. The van der Waals surface area contributed by atoms with Gasteiger partial charge in [-0.15, -0.1) is 12.4 Å². The van der Waals surface area contributed by atoms with E-state index in [1.807, 2.05) is 0 Å². The molecule has 1 aromatic carbocycles. The molecule has 1 amide bonds. The van der Waals surface area contributed by atoms with Crippen LogP contribution in [0.4, 0.5) is 0 Å². The van der Waals surface area contributed by atoms with Gasteiger partial charge in [0.1, 0.15) is 0 Å². The quantitative estimate of drug-likeness (QED) is 0.808. The van der Waals surface area contributed by atoms with E-state index >= 15 is 0 Å². The molecular formula is C18H29ClN2O. The van der Waals surface area contributed by atoms with Crippen molar-refractivity contribution in [3.63, 3.8) is 0 Å². The molecule has 0 aliphatic carbocycles. The van der Waals surface area contributed by atoms with Crippen molar-refractivity contribution in [2.75, 3.05) is 19.6 Å². The average molecular weight is 325 g/mol. The van der Waals surface area contributed by atoms with Crippen molar-refractivity contribution in [2.45, 2.75) is 45.4 Å². The minimum absolute atomic E-state index is 0. The molecule has 2 N–H and O–H groups in total. The molecule has 124 valence electrons. The fourth-order valence-corrected chi connectivity index (χ4v) is 2.79. The Morgan fingerprint density at radius 1 is 1.32 bits per heavy atom. The van der Waals surface area contributed by atoms with Crippen LogP contribution in [0, 0.1) is 5.92 Å². The summed E-state index contributed by atoms with van der Waals surface area (Å²) in [4.78, 5) is 11.8. The first-order valence-corrected chi connectivity index (χ1v) is 8.21. The number of carbonyl (C=O) groups is 1. The van der Waals surface area contributed by atoms with Crippen LogP contribution in [-0.4, -0.2) is 25.5 Å². The van der Waals surface area contributed by atoms with E-state index in [2.05, 4.69) is 48.7 Å². The summed E-state index contributed by atoms with van der Waals surface area (Å²) in [6, 6.07) is 8.63. The number of hydrogen-bond acceptors (Lipinski definition) is 2. The highest BCUT2D eigenvalue weighted by atomic mass is 35.5. The van der Waals surface area contributed by atoms with Crippen molar-refractivity contribution >= 4 is 18.3 Å². The van der Waals surface area contributed by atoms with Crippen LogP contribution in [0.2, 0.25) is 0 Å². The molecule has 1 fully saturated rings. The minimum Gasteiger partial charge on any atom is -0.356 e. The maximum absolute atomic E-state index is 11.8. The van der Waals surface area contributed by atoms with E-state index in [-0.39, 0.29) is 18.3 Å². The first-order chi connectivity index (χ1) is 10.1. The molecule has 3 nitrogen and oxygen atoms in total. The highest BCUT2D eigenvalue weighted by Gasteiger charge is 2.14. The summed E-state index contributed by atoms with van der Waals surface area (Å²) >= 11 is 0. The number of amides is 1. The SMILES string of the molecule is CC(C)c1ccc(CCC(=O)NCCC2CCNC2)cc1.Cl. The summed E-state index contributed by atoms with van der Waals surface area (Å²) in [5.41, 5.74) is 2.60. The van der Waals surface area contributed by atoms with Crippen LogP contribution in [0.5, 0.6) is 0 Å². The summed E-state index contributed by atoms with van der Waals surface area (Å²) in [6.07, 6.45) is 3.76. The molecule has 1 aliphatic rings. The molecule has 0 aromatic heterocycles. The van der Waals surface area contributed by atoms with Gasteiger partial charge >= 0.3 is 0 Å². The minimum atomic E-state index is 0. The third kappa shape index (κ3) is 6.37. The van der Waals surface area contributed by atoms with Gasteiger partial charge in [0.05, 0.1) is 0 Å². The topological polar surface area (TPSA) is 41.1 Å². The molecule has 1 saturated heterocycles. The monoisotopic (exact) mass is 324 g/mol. The van der Waals surface area contributed by atoms with Gasteiger partial charge in [0.2, 0.25) is 5.91 Å². The molecule has 1 unspecified atom stereocenters. The first kappa shape index (κ1) is 19.0. The third-order valence-electron chi connectivity index (χ3n) is 4.32. The second-order valence-corrected chi connectivity index (χ2v) is 6.39. The Morgan fingerprint density at radius 3 is 2.64 bits per heavy atom. The van der Waals surface area contributed by atoms with E-state index in [0.717, 1.165) is 38.4 Å². The molecule has 4 heteroatoms. The highest BCUT2D eigenvalue weighted by molar-refractivity contribution is 5.85. The van der Waals surface area contributed by atoms with Crippen LogP contribution >= 0.6 is 12.4 Å².